The highest BCUT2D eigenvalue weighted by Gasteiger charge is 2.10. The normalized spacial score (nSPS) is 10.3. The van der Waals surface area contributed by atoms with Crippen LogP contribution in [0.3, 0.4) is 0 Å². The third-order valence-corrected chi connectivity index (χ3v) is 2.82. The van der Waals surface area contributed by atoms with Crippen molar-refractivity contribution in [2.45, 2.75) is 13.1 Å². The maximum Gasteiger partial charge on any atom is 0.200 e. The first-order valence-electron chi connectivity index (χ1n) is 6.14. The molecule has 0 unspecified atom stereocenters. The molecule has 0 radical (unpaired) electrons. The molecule has 2 N–H and O–H groups in total. The fourth-order valence-electron chi connectivity index (χ4n) is 1.81. The molecule has 106 valence electrons. The van der Waals surface area contributed by atoms with E-state index in [2.05, 4.69) is 15.3 Å². The van der Waals surface area contributed by atoms with Crippen LogP contribution >= 0.6 is 0 Å². The fourth-order valence-corrected chi connectivity index (χ4v) is 1.81. The van der Waals surface area contributed by atoms with Crippen molar-refractivity contribution in [3.63, 3.8) is 0 Å². The average molecular weight is 275 g/mol. The van der Waals surface area contributed by atoms with Crippen LogP contribution in [-0.2, 0) is 13.1 Å². The maximum absolute atomic E-state index is 9.83. The van der Waals surface area contributed by atoms with Crippen LogP contribution in [0.25, 0.3) is 0 Å². The molecular weight excluding hydrogens is 258 g/mol. The van der Waals surface area contributed by atoms with Crippen molar-refractivity contribution in [2.24, 2.45) is 0 Å². The van der Waals surface area contributed by atoms with Gasteiger partial charge in [-0.25, -0.2) is 9.97 Å². The van der Waals surface area contributed by atoms with Crippen LogP contribution in [0, 0.1) is 0 Å². The van der Waals surface area contributed by atoms with E-state index in [0.29, 0.717) is 24.6 Å². The molecule has 0 aliphatic heterocycles. The molecule has 0 spiro atoms. The van der Waals surface area contributed by atoms with Gasteiger partial charge in [0.15, 0.2) is 11.5 Å². The lowest BCUT2D eigenvalue weighted by molar-refractivity contribution is 0.339. The van der Waals surface area contributed by atoms with Gasteiger partial charge in [0.25, 0.3) is 0 Å². The SMILES string of the molecule is COc1cc(CNCc2ccncn2)cc(OC)c1O. The highest BCUT2D eigenvalue weighted by atomic mass is 16.5. The summed E-state index contributed by atoms with van der Waals surface area (Å²) in [5.41, 5.74) is 1.86. The van der Waals surface area contributed by atoms with E-state index in [1.807, 2.05) is 6.07 Å². The standard InChI is InChI=1S/C14H17N3O3/c1-19-12-5-10(6-13(20-2)14(12)18)7-16-8-11-3-4-15-9-17-11/h3-6,9,16,18H,7-8H2,1-2H3. The largest absolute Gasteiger partial charge is 0.502 e. The van der Waals surface area contributed by atoms with Crippen LogP contribution in [0.5, 0.6) is 17.2 Å². The van der Waals surface area contributed by atoms with Gasteiger partial charge in [0.05, 0.1) is 19.9 Å². The van der Waals surface area contributed by atoms with E-state index >= 15 is 0 Å². The molecule has 0 aliphatic rings. The topological polar surface area (TPSA) is 76.5 Å². The van der Waals surface area contributed by atoms with Crippen LogP contribution in [0.15, 0.2) is 30.7 Å². The Labute approximate surface area is 117 Å². The highest BCUT2D eigenvalue weighted by Crippen LogP contribution is 2.36. The molecule has 6 nitrogen and oxygen atoms in total. The summed E-state index contributed by atoms with van der Waals surface area (Å²) in [7, 11) is 3.01. The van der Waals surface area contributed by atoms with Gasteiger partial charge < -0.3 is 19.9 Å². The van der Waals surface area contributed by atoms with Crippen LogP contribution in [0.2, 0.25) is 0 Å². The van der Waals surface area contributed by atoms with Gasteiger partial charge in [0.1, 0.15) is 6.33 Å². The smallest absolute Gasteiger partial charge is 0.200 e. The summed E-state index contributed by atoms with van der Waals surface area (Å²) in [4.78, 5) is 8.00. The Morgan fingerprint density at radius 3 is 2.40 bits per heavy atom. The van der Waals surface area contributed by atoms with E-state index in [0.717, 1.165) is 11.3 Å². The Balaban J connectivity index is 2.02. The van der Waals surface area contributed by atoms with Crippen molar-refractivity contribution in [3.8, 4) is 17.2 Å². The van der Waals surface area contributed by atoms with Gasteiger partial charge in [-0.2, -0.15) is 0 Å². The summed E-state index contributed by atoms with van der Waals surface area (Å²) >= 11 is 0. The summed E-state index contributed by atoms with van der Waals surface area (Å²) in [5, 5.41) is 13.1. The molecule has 0 saturated heterocycles. The summed E-state index contributed by atoms with van der Waals surface area (Å²) in [6.45, 7) is 1.24. The first-order valence-corrected chi connectivity index (χ1v) is 6.14. The predicted molar refractivity (Wildman–Crippen MR) is 73.8 cm³/mol. The monoisotopic (exact) mass is 275 g/mol. The van der Waals surface area contributed by atoms with Crippen molar-refractivity contribution >= 4 is 0 Å². The summed E-state index contributed by atoms with van der Waals surface area (Å²) in [6.07, 6.45) is 3.22. The van der Waals surface area contributed by atoms with E-state index in [4.69, 9.17) is 9.47 Å². The van der Waals surface area contributed by atoms with Gasteiger partial charge in [-0.3, -0.25) is 0 Å². The molecule has 0 fully saturated rings. The van der Waals surface area contributed by atoms with E-state index < -0.39 is 0 Å². The van der Waals surface area contributed by atoms with Crippen molar-refractivity contribution in [1.29, 1.82) is 0 Å². The van der Waals surface area contributed by atoms with Crippen molar-refractivity contribution in [3.05, 3.63) is 42.0 Å². The summed E-state index contributed by atoms with van der Waals surface area (Å²) in [6, 6.07) is 5.39. The molecule has 1 heterocycles. The Kier molecular flexibility index (Phi) is 4.73. The Morgan fingerprint density at radius 1 is 1.15 bits per heavy atom. The number of nitrogens with one attached hydrogen (secondary N) is 1. The molecule has 0 amide bonds. The van der Waals surface area contributed by atoms with Gasteiger partial charge in [-0.15, -0.1) is 0 Å². The number of nitrogens with zero attached hydrogens (tertiary/aromatic N) is 2. The minimum absolute atomic E-state index is 0.00884. The Morgan fingerprint density at radius 2 is 1.85 bits per heavy atom. The summed E-state index contributed by atoms with van der Waals surface area (Å²) < 4.78 is 10.2. The molecule has 0 atom stereocenters. The second-order valence-electron chi connectivity index (χ2n) is 4.15. The lowest BCUT2D eigenvalue weighted by Gasteiger charge is -2.11. The van der Waals surface area contributed by atoms with Gasteiger partial charge in [0.2, 0.25) is 5.75 Å². The molecule has 6 heteroatoms. The van der Waals surface area contributed by atoms with Crippen molar-refractivity contribution in [2.75, 3.05) is 14.2 Å². The van der Waals surface area contributed by atoms with E-state index in [9.17, 15) is 5.11 Å². The lowest BCUT2D eigenvalue weighted by Crippen LogP contribution is -2.13. The number of benzene rings is 1. The zero-order valence-electron chi connectivity index (χ0n) is 11.5. The van der Waals surface area contributed by atoms with Gasteiger partial charge in [0, 0.05) is 19.3 Å². The zero-order valence-corrected chi connectivity index (χ0v) is 11.5. The first kappa shape index (κ1) is 14.1. The Hall–Kier alpha value is -2.34. The second kappa shape index (κ2) is 6.72. The number of hydrogen-bond donors (Lipinski definition) is 2. The van der Waals surface area contributed by atoms with E-state index in [1.165, 1.54) is 20.5 Å². The van der Waals surface area contributed by atoms with Gasteiger partial charge >= 0.3 is 0 Å². The third kappa shape index (κ3) is 3.36. The molecule has 20 heavy (non-hydrogen) atoms. The zero-order chi connectivity index (χ0) is 14.4. The highest BCUT2D eigenvalue weighted by molar-refractivity contribution is 5.52. The van der Waals surface area contributed by atoms with Crippen LogP contribution < -0.4 is 14.8 Å². The molecule has 1 aromatic carbocycles. The minimum atomic E-state index is 0.00884. The molecular formula is C14H17N3O3. The van der Waals surface area contributed by atoms with Gasteiger partial charge in [-0.05, 0) is 23.8 Å². The summed E-state index contributed by atoms with van der Waals surface area (Å²) in [5.74, 6) is 0.793. The number of ether oxygens (including phenoxy) is 2. The predicted octanol–water partition coefficient (Wildman–Crippen LogP) is 1.49. The van der Waals surface area contributed by atoms with Crippen molar-refractivity contribution < 1.29 is 14.6 Å². The molecule has 0 saturated carbocycles. The molecule has 0 aliphatic carbocycles. The molecule has 0 bridgehead atoms. The fraction of sp³-hybridized carbons (Fsp3) is 0.286. The lowest BCUT2D eigenvalue weighted by atomic mass is 10.2. The van der Waals surface area contributed by atoms with Gasteiger partial charge in [-0.1, -0.05) is 0 Å². The quantitative estimate of drug-likeness (QED) is 0.831. The maximum atomic E-state index is 9.83. The van der Waals surface area contributed by atoms with Crippen LogP contribution in [0.4, 0.5) is 0 Å². The molecule has 2 aromatic rings. The number of aromatic hydroxyl groups is 1. The first-order chi connectivity index (χ1) is 9.74. The second-order valence-corrected chi connectivity index (χ2v) is 4.15. The minimum Gasteiger partial charge on any atom is -0.502 e. The van der Waals surface area contributed by atoms with E-state index in [1.54, 1.807) is 18.3 Å². The van der Waals surface area contributed by atoms with Crippen molar-refractivity contribution in [1.82, 2.24) is 15.3 Å². The number of phenolic OH excluding ortho intramolecular Hbond substituents is 1. The van der Waals surface area contributed by atoms with Crippen LogP contribution in [0.1, 0.15) is 11.3 Å². The number of methoxy groups -OCH3 is 2. The average Bonchev–Trinajstić information content (AvgIpc) is 2.49. The van der Waals surface area contributed by atoms with E-state index in [-0.39, 0.29) is 5.75 Å². The number of phenols is 1. The molecule has 1 aromatic heterocycles. The Bertz CT molecular complexity index is 536. The number of hydrogen-bond acceptors (Lipinski definition) is 6. The number of aromatic nitrogens is 2. The van der Waals surface area contributed by atoms with Crippen LogP contribution in [-0.4, -0.2) is 29.3 Å². The molecule has 2 rings (SSSR count). The number of rotatable bonds is 6. The third-order valence-electron chi connectivity index (χ3n) is 2.82.